The zero-order valence-corrected chi connectivity index (χ0v) is 18.6. The molecule has 0 bridgehead atoms. The van der Waals surface area contributed by atoms with Crippen molar-refractivity contribution < 1.29 is 19.1 Å². The summed E-state index contributed by atoms with van der Waals surface area (Å²) in [5.74, 6) is 0.778. The SMILES string of the molecule is CCN(CC)C(=O)CN1CCN(C(=O)c2ccc(Oc3ccc(C(N)=O)cc3)cc2)CC1. The Balaban J connectivity index is 1.51. The van der Waals surface area contributed by atoms with Gasteiger partial charge >= 0.3 is 0 Å². The van der Waals surface area contributed by atoms with Crippen LogP contribution in [-0.2, 0) is 4.79 Å². The number of carbonyl (C=O) groups is 3. The molecule has 8 nitrogen and oxygen atoms in total. The van der Waals surface area contributed by atoms with Crippen molar-refractivity contribution in [3.05, 3.63) is 59.7 Å². The van der Waals surface area contributed by atoms with Crippen LogP contribution in [0.4, 0.5) is 0 Å². The maximum absolute atomic E-state index is 12.8. The highest BCUT2D eigenvalue weighted by atomic mass is 16.5. The molecule has 32 heavy (non-hydrogen) atoms. The number of hydrogen-bond donors (Lipinski definition) is 1. The number of primary amides is 1. The summed E-state index contributed by atoms with van der Waals surface area (Å²) in [4.78, 5) is 42.0. The van der Waals surface area contributed by atoms with Crippen LogP contribution in [-0.4, -0.2) is 78.2 Å². The van der Waals surface area contributed by atoms with Gasteiger partial charge in [-0.05, 0) is 62.4 Å². The van der Waals surface area contributed by atoms with Crippen LogP contribution in [0.5, 0.6) is 11.5 Å². The molecule has 3 amide bonds. The van der Waals surface area contributed by atoms with Crippen molar-refractivity contribution in [2.75, 3.05) is 45.8 Å². The van der Waals surface area contributed by atoms with Crippen molar-refractivity contribution >= 4 is 17.7 Å². The van der Waals surface area contributed by atoms with Crippen molar-refractivity contribution in [1.29, 1.82) is 0 Å². The Morgan fingerprint density at radius 1 is 0.844 bits per heavy atom. The first-order valence-electron chi connectivity index (χ1n) is 10.9. The monoisotopic (exact) mass is 438 g/mol. The van der Waals surface area contributed by atoms with Gasteiger partial charge in [-0.3, -0.25) is 19.3 Å². The molecule has 0 spiro atoms. The van der Waals surface area contributed by atoms with Gasteiger partial charge in [-0.2, -0.15) is 0 Å². The van der Waals surface area contributed by atoms with Crippen LogP contribution in [0.15, 0.2) is 48.5 Å². The van der Waals surface area contributed by atoms with E-state index in [1.54, 1.807) is 48.5 Å². The fraction of sp³-hybridized carbons (Fsp3) is 0.375. The van der Waals surface area contributed by atoms with Gasteiger partial charge in [-0.1, -0.05) is 0 Å². The lowest BCUT2D eigenvalue weighted by molar-refractivity contribution is -0.132. The lowest BCUT2D eigenvalue weighted by Gasteiger charge is -2.35. The molecule has 2 aromatic carbocycles. The van der Waals surface area contributed by atoms with Gasteiger partial charge < -0.3 is 20.3 Å². The van der Waals surface area contributed by atoms with Crippen LogP contribution in [0.1, 0.15) is 34.6 Å². The molecular formula is C24H30N4O4. The van der Waals surface area contributed by atoms with E-state index in [0.717, 1.165) is 0 Å². The number of rotatable bonds is 8. The van der Waals surface area contributed by atoms with Gasteiger partial charge in [0, 0.05) is 50.4 Å². The highest BCUT2D eigenvalue weighted by Gasteiger charge is 2.24. The van der Waals surface area contributed by atoms with E-state index in [-0.39, 0.29) is 11.8 Å². The van der Waals surface area contributed by atoms with E-state index < -0.39 is 5.91 Å². The van der Waals surface area contributed by atoms with Gasteiger partial charge in [-0.15, -0.1) is 0 Å². The molecule has 0 unspecified atom stereocenters. The van der Waals surface area contributed by atoms with E-state index in [1.165, 1.54) is 0 Å². The number of benzene rings is 2. The Bertz CT molecular complexity index is 931. The van der Waals surface area contributed by atoms with E-state index in [4.69, 9.17) is 10.5 Å². The quantitative estimate of drug-likeness (QED) is 0.682. The van der Waals surface area contributed by atoms with E-state index in [0.29, 0.717) is 68.4 Å². The zero-order chi connectivity index (χ0) is 23.1. The van der Waals surface area contributed by atoms with Crippen LogP contribution in [0.25, 0.3) is 0 Å². The number of nitrogens with two attached hydrogens (primary N) is 1. The first-order valence-corrected chi connectivity index (χ1v) is 10.9. The average Bonchev–Trinajstić information content (AvgIpc) is 2.81. The van der Waals surface area contributed by atoms with Crippen LogP contribution in [0.2, 0.25) is 0 Å². The summed E-state index contributed by atoms with van der Waals surface area (Å²) in [6, 6.07) is 13.5. The third-order valence-electron chi connectivity index (χ3n) is 5.61. The molecule has 8 heteroatoms. The highest BCUT2D eigenvalue weighted by molar-refractivity contribution is 5.94. The molecule has 1 heterocycles. The molecule has 1 fully saturated rings. The molecule has 1 aliphatic rings. The molecule has 170 valence electrons. The standard InChI is InChI=1S/C24H30N4O4/c1-3-27(4-2)22(29)17-26-13-15-28(16-14-26)24(31)19-7-11-21(12-8-19)32-20-9-5-18(6-10-20)23(25)30/h5-12H,3-4,13-17H2,1-2H3,(H2,25,30). The van der Waals surface area contributed by atoms with Gasteiger partial charge in [0.2, 0.25) is 11.8 Å². The summed E-state index contributed by atoms with van der Waals surface area (Å²) in [7, 11) is 0. The molecule has 0 atom stereocenters. The van der Waals surface area contributed by atoms with Crippen LogP contribution in [0, 0.1) is 0 Å². The van der Waals surface area contributed by atoms with Crippen molar-refractivity contribution in [3.8, 4) is 11.5 Å². The topological polar surface area (TPSA) is 96.2 Å². The summed E-state index contributed by atoms with van der Waals surface area (Å²) >= 11 is 0. The zero-order valence-electron chi connectivity index (χ0n) is 18.6. The van der Waals surface area contributed by atoms with Crippen molar-refractivity contribution in [2.45, 2.75) is 13.8 Å². The lowest BCUT2D eigenvalue weighted by Crippen LogP contribution is -2.51. The second-order valence-electron chi connectivity index (χ2n) is 7.65. The number of ether oxygens (including phenoxy) is 1. The summed E-state index contributed by atoms with van der Waals surface area (Å²) in [6.45, 7) is 8.34. The van der Waals surface area contributed by atoms with E-state index in [1.807, 2.05) is 23.6 Å². The molecule has 0 aromatic heterocycles. The number of likely N-dealkylation sites (N-methyl/N-ethyl adjacent to an activating group) is 1. The molecule has 1 saturated heterocycles. The lowest BCUT2D eigenvalue weighted by atomic mass is 10.1. The maximum atomic E-state index is 12.8. The third-order valence-corrected chi connectivity index (χ3v) is 5.61. The predicted octanol–water partition coefficient (Wildman–Crippen LogP) is 2.20. The highest BCUT2D eigenvalue weighted by Crippen LogP contribution is 2.22. The first-order chi connectivity index (χ1) is 15.4. The molecule has 0 radical (unpaired) electrons. The van der Waals surface area contributed by atoms with E-state index >= 15 is 0 Å². The van der Waals surface area contributed by atoms with Crippen LogP contribution < -0.4 is 10.5 Å². The fourth-order valence-corrected chi connectivity index (χ4v) is 3.65. The third kappa shape index (κ3) is 5.85. The summed E-state index contributed by atoms with van der Waals surface area (Å²) in [6.07, 6.45) is 0. The summed E-state index contributed by atoms with van der Waals surface area (Å²) in [5, 5.41) is 0. The van der Waals surface area contributed by atoms with E-state index in [9.17, 15) is 14.4 Å². The van der Waals surface area contributed by atoms with Crippen LogP contribution >= 0.6 is 0 Å². The van der Waals surface area contributed by atoms with Gasteiger partial charge in [0.1, 0.15) is 11.5 Å². The molecule has 1 aliphatic heterocycles. The summed E-state index contributed by atoms with van der Waals surface area (Å²) in [5.41, 5.74) is 6.24. The number of amides is 3. The Kier molecular flexibility index (Phi) is 7.83. The Labute approximate surface area is 188 Å². The van der Waals surface area contributed by atoms with Crippen molar-refractivity contribution in [2.24, 2.45) is 5.73 Å². The molecule has 2 N–H and O–H groups in total. The van der Waals surface area contributed by atoms with Crippen molar-refractivity contribution in [1.82, 2.24) is 14.7 Å². The largest absolute Gasteiger partial charge is 0.457 e. The second-order valence-corrected chi connectivity index (χ2v) is 7.65. The van der Waals surface area contributed by atoms with E-state index in [2.05, 4.69) is 4.90 Å². The second kappa shape index (κ2) is 10.8. The van der Waals surface area contributed by atoms with Gasteiger partial charge in [0.25, 0.3) is 5.91 Å². The molecular weight excluding hydrogens is 408 g/mol. The maximum Gasteiger partial charge on any atom is 0.253 e. The van der Waals surface area contributed by atoms with Gasteiger partial charge in [-0.25, -0.2) is 0 Å². The van der Waals surface area contributed by atoms with Gasteiger partial charge in [0.15, 0.2) is 0 Å². The Hall–Kier alpha value is -3.39. The molecule has 0 saturated carbocycles. The molecule has 3 rings (SSSR count). The normalized spacial score (nSPS) is 14.1. The Morgan fingerprint density at radius 2 is 1.34 bits per heavy atom. The first kappa shape index (κ1) is 23.3. The smallest absolute Gasteiger partial charge is 0.253 e. The number of piperazine rings is 1. The number of hydrogen-bond acceptors (Lipinski definition) is 5. The number of nitrogens with zero attached hydrogens (tertiary/aromatic N) is 3. The van der Waals surface area contributed by atoms with Crippen LogP contribution in [0.3, 0.4) is 0 Å². The molecule has 0 aliphatic carbocycles. The minimum Gasteiger partial charge on any atom is -0.457 e. The van der Waals surface area contributed by atoms with Crippen molar-refractivity contribution in [3.63, 3.8) is 0 Å². The average molecular weight is 439 g/mol. The Morgan fingerprint density at radius 3 is 1.81 bits per heavy atom. The number of carbonyl (C=O) groups excluding carboxylic acids is 3. The molecule has 2 aromatic rings. The minimum atomic E-state index is -0.490. The summed E-state index contributed by atoms with van der Waals surface area (Å²) < 4.78 is 5.76. The van der Waals surface area contributed by atoms with Gasteiger partial charge in [0.05, 0.1) is 6.54 Å². The predicted molar refractivity (Wildman–Crippen MR) is 122 cm³/mol. The fourth-order valence-electron chi connectivity index (χ4n) is 3.65. The minimum absolute atomic E-state index is 0.0305.